The van der Waals surface area contributed by atoms with Crippen LogP contribution in [0.1, 0.15) is 32.5 Å². The second kappa shape index (κ2) is 5.00. The third-order valence-electron chi connectivity index (χ3n) is 4.36. The third-order valence-corrected chi connectivity index (χ3v) is 5.52. The molecule has 0 fully saturated rings. The predicted octanol–water partition coefficient (Wildman–Crippen LogP) is 0.879. The second-order valence-electron chi connectivity index (χ2n) is 5.98. The molecule has 0 aliphatic carbocycles. The van der Waals surface area contributed by atoms with E-state index in [-0.39, 0.29) is 17.8 Å². The Morgan fingerprint density at radius 1 is 1.27 bits per heavy atom. The molecular formula is C16H18N3O2S+. The molecule has 6 heteroatoms. The number of benzene rings is 1. The van der Waals surface area contributed by atoms with Gasteiger partial charge in [-0.05, 0) is 23.3 Å². The van der Waals surface area contributed by atoms with E-state index in [4.69, 9.17) is 0 Å². The molecule has 1 amide bonds. The minimum atomic E-state index is -0.245. The van der Waals surface area contributed by atoms with Crippen LogP contribution in [0.3, 0.4) is 0 Å². The summed E-state index contributed by atoms with van der Waals surface area (Å²) in [5, 5.41) is 16.8. The maximum Gasteiger partial charge on any atom is 0.256 e. The summed E-state index contributed by atoms with van der Waals surface area (Å²) in [5.74, 6) is 0.230. The standard InChI is InChI=1S/C16H17N3O2S/c1-19-7-6-11-12(8-19)22-16-13(11)15(21)17-14(18-16)9-2-4-10(20)5-3-9/h2-5,14,18,20H,6-8H2,1H3,(H,17,21)/p+1. The minimum Gasteiger partial charge on any atom is -0.508 e. The highest BCUT2D eigenvalue weighted by atomic mass is 32.1. The zero-order valence-corrected chi connectivity index (χ0v) is 13.1. The highest BCUT2D eigenvalue weighted by molar-refractivity contribution is 7.16. The van der Waals surface area contributed by atoms with Crippen molar-refractivity contribution in [3.8, 4) is 5.75 Å². The second-order valence-corrected chi connectivity index (χ2v) is 7.09. The predicted molar refractivity (Wildman–Crippen MR) is 85.4 cm³/mol. The molecule has 1 aromatic carbocycles. The molecular weight excluding hydrogens is 298 g/mol. The maximum atomic E-state index is 12.6. The van der Waals surface area contributed by atoms with E-state index >= 15 is 0 Å². The topological polar surface area (TPSA) is 65.8 Å². The summed E-state index contributed by atoms with van der Waals surface area (Å²) in [7, 11) is 2.19. The normalized spacial score (nSPS) is 23.2. The number of aromatic hydroxyl groups is 1. The quantitative estimate of drug-likeness (QED) is 0.631. The lowest BCUT2D eigenvalue weighted by Gasteiger charge is -2.27. The number of fused-ring (bicyclic) bond motifs is 3. The highest BCUT2D eigenvalue weighted by Crippen LogP contribution is 2.39. The molecule has 22 heavy (non-hydrogen) atoms. The average Bonchev–Trinajstić information content (AvgIpc) is 2.85. The first-order chi connectivity index (χ1) is 10.6. The molecule has 2 aliphatic rings. The van der Waals surface area contributed by atoms with Crippen molar-refractivity contribution in [2.75, 3.05) is 18.9 Å². The fraction of sp³-hybridized carbons (Fsp3) is 0.312. The van der Waals surface area contributed by atoms with Crippen molar-refractivity contribution in [3.05, 3.63) is 45.8 Å². The molecule has 5 nitrogen and oxygen atoms in total. The van der Waals surface area contributed by atoms with Gasteiger partial charge in [-0.25, -0.2) is 0 Å². The molecule has 2 aliphatic heterocycles. The number of quaternary nitrogens is 1. The Kier molecular flexibility index (Phi) is 3.09. The number of hydrogen-bond donors (Lipinski definition) is 4. The van der Waals surface area contributed by atoms with Crippen LogP contribution in [0, 0.1) is 0 Å². The van der Waals surface area contributed by atoms with Crippen LogP contribution in [0.25, 0.3) is 0 Å². The number of anilines is 1. The Morgan fingerprint density at radius 2 is 2.05 bits per heavy atom. The van der Waals surface area contributed by atoms with E-state index in [0.29, 0.717) is 0 Å². The molecule has 4 N–H and O–H groups in total. The van der Waals surface area contributed by atoms with Gasteiger partial charge in [0.2, 0.25) is 0 Å². The van der Waals surface area contributed by atoms with Crippen LogP contribution in [0.15, 0.2) is 24.3 Å². The van der Waals surface area contributed by atoms with Crippen molar-refractivity contribution < 1.29 is 14.8 Å². The van der Waals surface area contributed by atoms with Gasteiger partial charge in [-0.3, -0.25) is 4.79 Å². The van der Waals surface area contributed by atoms with E-state index in [1.165, 1.54) is 15.3 Å². The first-order valence-electron chi connectivity index (χ1n) is 7.44. The summed E-state index contributed by atoms with van der Waals surface area (Å²) in [6.45, 7) is 2.07. The molecule has 0 bridgehead atoms. The molecule has 3 heterocycles. The van der Waals surface area contributed by atoms with Gasteiger partial charge in [0.15, 0.2) is 0 Å². The number of hydrogen-bond acceptors (Lipinski definition) is 4. The van der Waals surface area contributed by atoms with Gasteiger partial charge in [0.05, 0.1) is 24.0 Å². The van der Waals surface area contributed by atoms with E-state index in [1.54, 1.807) is 23.5 Å². The van der Waals surface area contributed by atoms with Crippen LogP contribution < -0.4 is 15.5 Å². The maximum absolute atomic E-state index is 12.6. The molecule has 0 saturated heterocycles. The van der Waals surface area contributed by atoms with Crippen LogP contribution in [0.4, 0.5) is 5.00 Å². The largest absolute Gasteiger partial charge is 0.508 e. The number of likely N-dealkylation sites (N-methyl/N-ethyl adjacent to an activating group) is 1. The molecule has 4 rings (SSSR count). The summed E-state index contributed by atoms with van der Waals surface area (Å²) in [6, 6.07) is 6.92. The number of phenolic OH excluding ortho intramolecular Hbond substituents is 1. The van der Waals surface area contributed by atoms with E-state index in [0.717, 1.165) is 35.6 Å². The van der Waals surface area contributed by atoms with E-state index in [9.17, 15) is 9.90 Å². The van der Waals surface area contributed by atoms with Crippen molar-refractivity contribution in [1.29, 1.82) is 0 Å². The van der Waals surface area contributed by atoms with Crippen molar-refractivity contribution >= 4 is 22.2 Å². The molecule has 114 valence electrons. The first-order valence-corrected chi connectivity index (χ1v) is 8.25. The summed E-state index contributed by atoms with van der Waals surface area (Å²) < 4.78 is 0. The van der Waals surface area contributed by atoms with Crippen molar-refractivity contribution in [3.63, 3.8) is 0 Å². The van der Waals surface area contributed by atoms with Gasteiger partial charge in [0.25, 0.3) is 5.91 Å². The number of rotatable bonds is 1. The zero-order valence-electron chi connectivity index (χ0n) is 12.3. The smallest absolute Gasteiger partial charge is 0.256 e. The Balaban J connectivity index is 1.69. The zero-order chi connectivity index (χ0) is 15.3. The molecule has 2 unspecified atom stereocenters. The van der Waals surface area contributed by atoms with E-state index in [1.807, 2.05) is 12.1 Å². The van der Waals surface area contributed by atoms with Gasteiger partial charge in [0, 0.05) is 6.42 Å². The lowest BCUT2D eigenvalue weighted by molar-refractivity contribution is -0.895. The Morgan fingerprint density at radius 3 is 2.82 bits per heavy atom. The minimum absolute atomic E-state index is 0.00359. The highest BCUT2D eigenvalue weighted by Gasteiger charge is 2.33. The van der Waals surface area contributed by atoms with E-state index < -0.39 is 0 Å². The fourth-order valence-corrected chi connectivity index (χ4v) is 4.55. The third kappa shape index (κ3) is 2.15. The van der Waals surface area contributed by atoms with Crippen molar-refractivity contribution in [1.82, 2.24) is 5.32 Å². The van der Waals surface area contributed by atoms with Gasteiger partial charge >= 0.3 is 0 Å². The number of nitrogens with one attached hydrogen (secondary N) is 3. The number of phenols is 1. The lowest BCUT2D eigenvalue weighted by Crippen LogP contribution is -3.08. The van der Waals surface area contributed by atoms with Gasteiger partial charge in [-0.1, -0.05) is 12.1 Å². The summed E-state index contributed by atoms with van der Waals surface area (Å²) >= 11 is 1.70. The molecule has 1 aromatic heterocycles. The SMILES string of the molecule is C[NH+]1CCc2c(sc3c2C(=O)NC(c2ccc(O)cc2)N3)C1. The average molecular weight is 316 g/mol. The van der Waals surface area contributed by atoms with Crippen LogP contribution in [0.5, 0.6) is 5.75 Å². The van der Waals surface area contributed by atoms with Crippen LogP contribution in [-0.2, 0) is 13.0 Å². The molecule has 0 saturated carbocycles. The Hall–Kier alpha value is -2.05. The monoisotopic (exact) mass is 316 g/mol. The Bertz CT molecular complexity index is 739. The van der Waals surface area contributed by atoms with Gasteiger partial charge < -0.3 is 20.6 Å². The summed E-state index contributed by atoms with van der Waals surface area (Å²) in [5.41, 5.74) is 2.99. The first kappa shape index (κ1) is 13.6. The van der Waals surface area contributed by atoms with Crippen LogP contribution in [-0.4, -0.2) is 24.6 Å². The number of carbonyl (C=O) groups is 1. The van der Waals surface area contributed by atoms with Gasteiger partial charge in [-0.15, -0.1) is 11.3 Å². The van der Waals surface area contributed by atoms with Crippen molar-refractivity contribution in [2.45, 2.75) is 19.1 Å². The number of amides is 1. The summed E-state index contributed by atoms with van der Waals surface area (Å²) in [4.78, 5) is 15.4. The molecule has 0 spiro atoms. The lowest BCUT2D eigenvalue weighted by atomic mass is 10.0. The molecule has 2 aromatic rings. The molecule has 2 atom stereocenters. The van der Waals surface area contributed by atoms with Crippen LogP contribution >= 0.6 is 11.3 Å². The number of thiophene rings is 1. The van der Waals surface area contributed by atoms with Crippen molar-refractivity contribution in [2.24, 2.45) is 0 Å². The van der Waals surface area contributed by atoms with Gasteiger partial charge in [-0.2, -0.15) is 0 Å². The number of carbonyl (C=O) groups excluding carboxylic acids is 1. The van der Waals surface area contributed by atoms with Crippen LogP contribution in [0.2, 0.25) is 0 Å². The molecule has 0 radical (unpaired) electrons. The van der Waals surface area contributed by atoms with Gasteiger partial charge in [0.1, 0.15) is 23.5 Å². The summed E-state index contributed by atoms with van der Waals surface area (Å²) in [6.07, 6.45) is 0.720. The fourth-order valence-electron chi connectivity index (χ4n) is 3.17. The Labute approximate surface area is 132 Å². The van der Waals surface area contributed by atoms with E-state index in [2.05, 4.69) is 17.7 Å².